The zero-order valence-corrected chi connectivity index (χ0v) is 16.1. The van der Waals surface area contributed by atoms with Gasteiger partial charge in [-0.1, -0.05) is 6.07 Å². The van der Waals surface area contributed by atoms with Gasteiger partial charge in [0.25, 0.3) is 0 Å². The number of nitrogens with one attached hydrogen (secondary N) is 1. The van der Waals surface area contributed by atoms with Crippen LogP contribution in [0.4, 0.5) is 0 Å². The van der Waals surface area contributed by atoms with Gasteiger partial charge in [-0.15, -0.1) is 0 Å². The summed E-state index contributed by atoms with van der Waals surface area (Å²) in [6, 6.07) is 6.51. The minimum Gasteiger partial charge on any atom is -0.496 e. The lowest BCUT2D eigenvalue weighted by Gasteiger charge is -2.22. The maximum Gasteiger partial charge on any atom is 0.137 e. The van der Waals surface area contributed by atoms with Crippen LogP contribution < -0.4 is 10.1 Å². The number of hydrogen-bond donors (Lipinski definition) is 1. The van der Waals surface area contributed by atoms with E-state index in [0.717, 1.165) is 36.7 Å². The largest absolute Gasteiger partial charge is 0.496 e. The van der Waals surface area contributed by atoms with Crippen LogP contribution in [0.1, 0.15) is 42.4 Å². The SMILES string of the molecule is COCc1cc(C(C)NC[C@@H]2CCO[C@H]2c2nccn2C)ccc1OC. The van der Waals surface area contributed by atoms with Crippen molar-refractivity contribution in [3.8, 4) is 5.75 Å². The molecular formula is C20H29N3O3. The number of methoxy groups -OCH3 is 2. The van der Waals surface area contributed by atoms with Crippen LogP contribution >= 0.6 is 0 Å². The zero-order chi connectivity index (χ0) is 18.5. The lowest BCUT2D eigenvalue weighted by atomic mass is 9.99. The molecule has 1 unspecified atom stereocenters. The van der Waals surface area contributed by atoms with E-state index in [2.05, 4.69) is 29.4 Å². The van der Waals surface area contributed by atoms with Crippen LogP contribution in [0.2, 0.25) is 0 Å². The van der Waals surface area contributed by atoms with Gasteiger partial charge in [0.1, 0.15) is 17.7 Å². The van der Waals surface area contributed by atoms with Crippen LogP contribution in [0.3, 0.4) is 0 Å². The average molecular weight is 359 g/mol. The molecule has 2 heterocycles. The van der Waals surface area contributed by atoms with Crippen LogP contribution in [-0.2, 0) is 23.1 Å². The molecule has 0 amide bonds. The summed E-state index contributed by atoms with van der Waals surface area (Å²) >= 11 is 0. The topological polar surface area (TPSA) is 57.5 Å². The Balaban J connectivity index is 1.64. The predicted octanol–water partition coefficient (Wildman–Crippen LogP) is 3.00. The highest BCUT2D eigenvalue weighted by Crippen LogP contribution is 2.33. The maximum absolute atomic E-state index is 5.95. The summed E-state index contributed by atoms with van der Waals surface area (Å²) in [5.74, 6) is 2.30. The molecule has 26 heavy (non-hydrogen) atoms. The van der Waals surface area contributed by atoms with Crippen LogP contribution in [0.25, 0.3) is 0 Å². The van der Waals surface area contributed by atoms with Crippen LogP contribution in [-0.4, -0.2) is 36.9 Å². The standard InChI is InChI=1S/C20H29N3O3/c1-14(15-5-6-18(25-4)17(11-15)13-24-3)22-12-16-7-10-26-19(16)20-21-8-9-23(20)2/h5-6,8-9,11,14,16,19,22H,7,10,12-13H2,1-4H3/t14?,16-,19+/m0/s1. The molecule has 1 saturated heterocycles. The normalized spacial score (nSPS) is 21.1. The monoisotopic (exact) mass is 359 g/mol. The number of nitrogens with zero attached hydrogens (tertiary/aromatic N) is 2. The number of ether oxygens (including phenoxy) is 3. The Kier molecular flexibility index (Phi) is 6.29. The number of imidazole rings is 1. The fraction of sp³-hybridized carbons (Fsp3) is 0.550. The fourth-order valence-electron chi connectivity index (χ4n) is 3.56. The second-order valence-electron chi connectivity index (χ2n) is 6.87. The zero-order valence-electron chi connectivity index (χ0n) is 16.1. The molecule has 3 atom stereocenters. The minimum atomic E-state index is 0.0645. The fourth-order valence-corrected chi connectivity index (χ4v) is 3.56. The molecule has 0 saturated carbocycles. The van der Waals surface area contributed by atoms with Crippen molar-refractivity contribution in [3.05, 3.63) is 47.5 Å². The molecule has 1 fully saturated rings. The Hall–Kier alpha value is -1.89. The highest BCUT2D eigenvalue weighted by molar-refractivity contribution is 5.38. The van der Waals surface area contributed by atoms with Crippen LogP contribution in [0, 0.1) is 5.92 Å². The van der Waals surface area contributed by atoms with Crippen molar-refractivity contribution in [3.63, 3.8) is 0 Å². The third-order valence-corrected chi connectivity index (χ3v) is 5.12. The Labute approximate surface area is 155 Å². The van der Waals surface area contributed by atoms with E-state index in [1.54, 1.807) is 14.2 Å². The molecule has 2 aromatic rings. The van der Waals surface area contributed by atoms with Crippen LogP contribution in [0.5, 0.6) is 5.75 Å². The summed E-state index contributed by atoms with van der Waals surface area (Å²) in [7, 11) is 5.41. The van der Waals surface area contributed by atoms with Crippen molar-refractivity contribution in [1.82, 2.24) is 14.9 Å². The number of benzene rings is 1. The predicted molar refractivity (Wildman–Crippen MR) is 100 cm³/mol. The van der Waals surface area contributed by atoms with Gasteiger partial charge in [0.2, 0.25) is 0 Å². The van der Waals surface area contributed by atoms with E-state index >= 15 is 0 Å². The quantitative estimate of drug-likeness (QED) is 0.785. The highest BCUT2D eigenvalue weighted by atomic mass is 16.5. The second kappa shape index (κ2) is 8.66. The molecule has 1 aliphatic heterocycles. The Bertz CT molecular complexity index is 716. The Morgan fingerprint density at radius 1 is 1.38 bits per heavy atom. The van der Waals surface area contributed by atoms with E-state index in [4.69, 9.17) is 14.2 Å². The molecule has 1 aliphatic rings. The van der Waals surface area contributed by atoms with Gasteiger partial charge in [-0.3, -0.25) is 0 Å². The molecule has 1 aromatic carbocycles. The van der Waals surface area contributed by atoms with Gasteiger partial charge in [0, 0.05) is 57.2 Å². The highest BCUT2D eigenvalue weighted by Gasteiger charge is 2.32. The van der Waals surface area contributed by atoms with E-state index in [0.29, 0.717) is 12.5 Å². The molecular weight excluding hydrogens is 330 g/mol. The van der Waals surface area contributed by atoms with Gasteiger partial charge in [-0.25, -0.2) is 4.98 Å². The third-order valence-electron chi connectivity index (χ3n) is 5.12. The number of rotatable bonds is 8. The molecule has 1 aromatic heterocycles. The van der Waals surface area contributed by atoms with Gasteiger partial charge >= 0.3 is 0 Å². The number of aryl methyl sites for hydroxylation is 1. The van der Waals surface area contributed by atoms with Gasteiger partial charge in [-0.2, -0.15) is 0 Å². The van der Waals surface area contributed by atoms with Crippen molar-refractivity contribution in [2.45, 2.75) is 32.1 Å². The lowest BCUT2D eigenvalue weighted by molar-refractivity contribution is 0.0806. The molecule has 0 radical (unpaired) electrons. The summed E-state index contributed by atoms with van der Waals surface area (Å²) in [6.45, 7) is 4.41. The van der Waals surface area contributed by atoms with Crippen molar-refractivity contribution in [2.75, 3.05) is 27.4 Å². The van der Waals surface area contributed by atoms with E-state index < -0.39 is 0 Å². The molecule has 3 rings (SSSR count). The van der Waals surface area contributed by atoms with E-state index in [1.165, 1.54) is 5.56 Å². The summed E-state index contributed by atoms with van der Waals surface area (Å²) in [5, 5.41) is 3.66. The van der Waals surface area contributed by atoms with Crippen molar-refractivity contribution < 1.29 is 14.2 Å². The Morgan fingerprint density at radius 2 is 2.23 bits per heavy atom. The van der Waals surface area contributed by atoms with Gasteiger partial charge in [0.05, 0.1) is 13.7 Å². The van der Waals surface area contributed by atoms with E-state index in [9.17, 15) is 0 Å². The first-order chi connectivity index (χ1) is 12.6. The minimum absolute atomic E-state index is 0.0645. The smallest absolute Gasteiger partial charge is 0.137 e. The first kappa shape index (κ1) is 18.9. The molecule has 142 valence electrons. The molecule has 0 aliphatic carbocycles. The number of aromatic nitrogens is 2. The Morgan fingerprint density at radius 3 is 2.92 bits per heavy atom. The molecule has 6 heteroatoms. The van der Waals surface area contributed by atoms with Crippen molar-refractivity contribution in [1.29, 1.82) is 0 Å². The van der Waals surface area contributed by atoms with Gasteiger partial charge in [-0.05, 0) is 31.0 Å². The maximum atomic E-state index is 5.95. The van der Waals surface area contributed by atoms with Crippen molar-refractivity contribution >= 4 is 0 Å². The summed E-state index contributed by atoms with van der Waals surface area (Å²) < 4.78 is 18.7. The molecule has 0 bridgehead atoms. The first-order valence-corrected chi connectivity index (χ1v) is 9.12. The third kappa shape index (κ3) is 4.09. The average Bonchev–Trinajstić information content (AvgIpc) is 3.28. The summed E-state index contributed by atoms with van der Waals surface area (Å²) in [5.41, 5.74) is 2.29. The number of hydrogen-bond acceptors (Lipinski definition) is 5. The molecule has 0 spiro atoms. The molecule has 6 nitrogen and oxygen atoms in total. The van der Waals surface area contributed by atoms with E-state index in [1.807, 2.05) is 30.1 Å². The molecule has 1 N–H and O–H groups in total. The van der Waals surface area contributed by atoms with Crippen LogP contribution in [0.15, 0.2) is 30.6 Å². The summed E-state index contributed by atoms with van der Waals surface area (Å²) in [6.07, 6.45) is 4.92. The van der Waals surface area contributed by atoms with Gasteiger partial charge < -0.3 is 24.1 Å². The lowest BCUT2D eigenvalue weighted by Crippen LogP contribution is -2.28. The van der Waals surface area contributed by atoms with Gasteiger partial charge in [0.15, 0.2) is 0 Å². The second-order valence-corrected chi connectivity index (χ2v) is 6.87. The first-order valence-electron chi connectivity index (χ1n) is 9.12. The van der Waals surface area contributed by atoms with Crippen molar-refractivity contribution in [2.24, 2.45) is 13.0 Å². The summed E-state index contributed by atoms with van der Waals surface area (Å²) in [4.78, 5) is 4.47. The van der Waals surface area contributed by atoms with E-state index in [-0.39, 0.29) is 12.1 Å².